The molecule has 3 N–H and O–H groups in total. The molecule has 29 heavy (non-hydrogen) atoms. The summed E-state index contributed by atoms with van der Waals surface area (Å²) >= 11 is 2.61. The van der Waals surface area contributed by atoms with Crippen LogP contribution in [-0.4, -0.2) is 54.4 Å². The van der Waals surface area contributed by atoms with E-state index in [1.54, 1.807) is 0 Å². The first-order valence-electron chi connectivity index (χ1n) is 7.46. The predicted octanol–water partition coefficient (Wildman–Crippen LogP) is 2.46. The summed E-state index contributed by atoms with van der Waals surface area (Å²) in [6.45, 7) is -0.795. The summed E-state index contributed by atoms with van der Waals surface area (Å²) in [5.41, 5.74) is -2.19. The molecular weight excluding hydrogens is 485 g/mol. The van der Waals surface area contributed by atoms with E-state index in [4.69, 9.17) is 14.9 Å². The topological polar surface area (TPSA) is 146 Å². The molecule has 2 aromatic rings. The van der Waals surface area contributed by atoms with Crippen molar-refractivity contribution in [1.29, 1.82) is 5.41 Å². The molecular formula is C15H12BrF3N4O5S. The van der Waals surface area contributed by atoms with E-state index in [1.807, 2.05) is 0 Å². The van der Waals surface area contributed by atoms with Crippen LogP contribution in [0.2, 0.25) is 0 Å². The quantitative estimate of drug-likeness (QED) is 0.495. The summed E-state index contributed by atoms with van der Waals surface area (Å²) in [5, 5.41) is 25.4. The molecule has 0 atom stereocenters. The van der Waals surface area contributed by atoms with Crippen LogP contribution in [0.3, 0.4) is 0 Å². The molecule has 1 heterocycles. The molecule has 2 rings (SSSR count). The summed E-state index contributed by atoms with van der Waals surface area (Å²) < 4.78 is 66.3. The molecule has 14 heteroatoms. The highest BCUT2D eigenvalue weighted by Gasteiger charge is 2.38. The highest BCUT2D eigenvalue weighted by molar-refractivity contribution is 9.12. The van der Waals surface area contributed by atoms with E-state index in [2.05, 4.69) is 31.4 Å². The Bertz CT molecular complexity index is 1100. The van der Waals surface area contributed by atoms with Gasteiger partial charge in [0.15, 0.2) is 15.5 Å². The number of carbonyl (C=O) groups is 1. The Morgan fingerprint density at radius 1 is 1.34 bits per heavy atom. The van der Waals surface area contributed by atoms with Crippen LogP contribution >= 0.6 is 15.9 Å². The van der Waals surface area contributed by atoms with E-state index in [1.165, 1.54) is 24.3 Å². The Balaban J connectivity index is 2.52. The van der Waals surface area contributed by atoms with Crippen molar-refractivity contribution in [1.82, 2.24) is 15.5 Å². The minimum atomic E-state index is -5.03. The number of sulfone groups is 1. The summed E-state index contributed by atoms with van der Waals surface area (Å²) in [6, 6.07) is 5.40. The molecule has 9 nitrogen and oxygen atoms in total. The molecule has 1 aromatic carbocycles. The number of hydrogen-bond acceptors (Lipinski definition) is 8. The first-order valence-corrected chi connectivity index (χ1v) is 10.1. The van der Waals surface area contributed by atoms with E-state index in [0.717, 1.165) is 6.26 Å². The molecule has 0 aliphatic rings. The molecule has 0 saturated carbocycles. The van der Waals surface area contributed by atoms with Crippen molar-refractivity contribution < 1.29 is 35.9 Å². The van der Waals surface area contributed by atoms with Crippen LogP contribution in [0.5, 0.6) is 0 Å². The molecule has 0 fully saturated rings. The zero-order chi connectivity index (χ0) is 22.0. The normalized spacial score (nSPS) is 13.0. The zero-order valence-corrected chi connectivity index (χ0v) is 16.8. The lowest BCUT2D eigenvalue weighted by molar-refractivity contribution is -0.135. The van der Waals surface area contributed by atoms with Crippen molar-refractivity contribution in [2.24, 2.45) is 0 Å². The maximum Gasteiger partial charge on any atom is 0.433 e. The molecule has 0 bridgehead atoms. The van der Waals surface area contributed by atoms with E-state index in [0.29, 0.717) is 0 Å². The smallest absolute Gasteiger partial charge is 0.433 e. The molecule has 0 unspecified atom stereocenters. The number of halogens is 4. The standard InChI is InChI=1S/C15H12BrF3N4O5S/c1-29(26,27)8-4-2-3-7(5-8)13-22-23-14(28-13)11(21-6-9(24)25)10(16)12(20)15(17,18)19/h2-5,20-21H,6H2,1H3,(H,24,25)/b11-10+,20-12?. The van der Waals surface area contributed by atoms with Gasteiger partial charge < -0.3 is 14.8 Å². The number of benzene rings is 1. The molecule has 0 amide bonds. The van der Waals surface area contributed by atoms with E-state index in [-0.39, 0.29) is 16.3 Å². The second-order valence-corrected chi connectivity index (χ2v) is 8.33. The largest absolute Gasteiger partial charge is 0.480 e. The maximum atomic E-state index is 12.8. The van der Waals surface area contributed by atoms with Gasteiger partial charge in [0.05, 0.1) is 9.38 Å². The van der Waals surface area contributed by atoms with Gasteiger partial charge in [-0.25, -0.2) is 8.42 Å². The molecule has 0 aliphatic heterocycles. The minimum absolute atomic E-state index is 0.0467. The van der Waals surface area contributed by atoms with E-state index in [9.17, 15) is 26.4 Å². The van der Waals surface area contributed by atoms with Gasteiger partial charge in [-0.15, -0.1) is 10.2 Å². The molecule has 0 spiro atoms. The van der Waals surface area contributed by atoms with Crippen LogP contribution < -0.4 is 5.32 Å². The van der Waals surface area contributed by atoms with Crippen LogP contribution in [0.4, 0.5) is 13.2 Å². The third-order valence-electron chi connectivity index (χ3n) is 3.29. The Morgan fingerprint density at radius 2 is 2.00 bits per heavy atom. The van der Waals surface area contributed by atoms with Gasteiger partial charge in [-0.3, -0.25) is 10.2 Å². The number of rotatable bonds is 7. The monoisotopic (exact) mass is 496 g/mol. The second kappa shape index (κ2) is 8.32. The summed E-state index contributed by atoms with van der Waals surface area (Å²) in [6.07, 6.45) is -4.04. The average molecular weight is 497 g/mol. The highest BCUT2D eigenvalue weighted by Crippen LogP contribution is 2.30. The van der Waals surface area contributed by atoms with Gasteiger partial charge in [-0.1, -0.05) is 6.07 Å². The van der Waals surface area contributed by atoms with E-state index < -0.39 is 50.3 Å². The number of nitrogens with one attached hydrogen (secondary N) is 2. The summed E-state index contributed by atoms with van der Waals surface area (Å²) in [4.78, 5) is 10.7. The molecule has 156 valence electrons. The maximum absolute atomic E-state index is 12.8. The van der Waals surface area contributed by atoms with Crippen molar-refractivity contribution in [3.05, 3.63) is 34.6 Å². The fourth-order valence-electron chi connectivity index (χ4n) is 1.96. The number of carboxylic acid groups (broad SMARTS) is 1. The van der Waals surface area contributed by atoms with Crippen molar-refractivity contribution >= 4 is 43.1 Å². The third kappa shape index (κ3) is 5.63. The Kier molecular flexibility index (Phi) is 6.47. The fraction of sp³-hybridized carbons (Fsp3) is 0.200. The van der Waals surface area contributed by atoms with Crippen LogP contribution in [0.25, 0.3) is 17.2 Å². The van der Waals surface area contributed by atoms with Crippen LogP contribution in [-0.2, 0) is 14.6 Å². The Hall–Kier alpha value is -2.74. The SMILES string of the molecule is CS(=O)(=O)c1cccc(-c2nnc(/C(NCC(=O)O)=C(\Br)C(=N)C(F)(F)F)o2)c1. The van der Waals surface area contributed by atoms with E-state index >= 15 is 0 Å². The number of hydrogen-bond donors (Lipinski definition) is 3. The zero-order valence-electron chi connectivity index (χ0n) is 14.4. The van der Waals surface area contributed by atoms with Crippen molar-refractivity contribution in [3.63, 3.8) is 0 Å². The molecule has 0 aliphatic carbocycles. The average Bonchev–Trinajstić information content (AvgIpc) is 3.09. The van der Waals surface area contributed by atoms with Crippen molar-refractivity contribution in [2.75, 3.05) is 12.8 Å². The van der Waals surface area contributed by atoms with Crippen molar-refractivity contribution in [3.8, 4) is 11.5 Å². The fourth-order valence-corrected chi connectivity index (χ4v) is 3.16. The number of alkyl halides is 3. The van der Waals surface area contributed by atoms with Crippen LogP contribution in [0, 0.1) is 5.41 Å². The molecule has 0 saturated heterocycles. The first-order chi connectivity index (χ1) is 13.3. The van der Waals surface area contributed by atoms with Gasteiger partial charge in [-0.2, -0.15) is 13.2 Å². The van der Waals surface area contributed by atoms with Crippen LogP contribution in [0.15, 0.2) is 38.1 Å². The summed E-state index contributed by atoms with van der Waals surface area (Å²) in [7, 11) is -3.54. The Labute approximate surface area is 170 Å². The number of aromatic nitrogens is 2. The first kappa shape index (κ1) is 22.5. The lowest BCUT2D eigenvalue weighted by Gasteiger charge is -2.12. The highest BCUT2D eigenvalue weighted by atomic mass is 79.9. The molecule has 1 aromatic heterocycles. The van der Waals surface area contributed by atoms with Gasteiger partial charge in [0.2, 0.25) is 5.89 Å². The van der Waals surface area contributed by atoms with Gasteiger partial charge in [0.1, 0.15) is 12.2 Å². The minimum Gasteiger partial charge on any atom is -0.480 e. The van der Waals surface area contributed by atoms with Gasteiger partial charge in [-0.05, 0) is 34.1 Å². The third-order valence-corrected chi connectivity index (χ3v) is 5.19. The van der Waals surface area contributed by atoms with Gasteiger partial charge >= 0.3 is 12.1 Å². The number of allylic oxidation sites excluding steroid dienone is 1. The predicted molar refractivity (Wildman–Crippen MR) is 98.1 cm³/mol. The number of nitrogens with zero attached hydrogens (tertiary/aromatic N) is 2. The number of aliphatic carboxylic acids is 1. The van der Waals surface area contributed by atoms with Gasteiger partial charge in [0, 0.05) is 11.8 Å². The second-order valence-electron chi connectivity index (χ2n) is 5.52. The molecule has 0 radical (unpaired) electrons. The number of carboxylic acids is 1. The lowest BCUT2D eigenvalue weighted by Crippen LogP contribution is -2.27. The van der Waals surface area contributed by atoms with Gasteiger partial charge in [0.25, 0.3) is 5.89 Å². The summed E-state index contributed by atoms with van der Waals surface area (Å²) in [5.74, 6) is -2.15. The lowest BCUT2D eigenvalue weighted by atomic mass is 10.2. The Morgan fingerprint density at radius 3 is 2.55 bits per heavy atom. The van der Waals surface area contributed by atoms with Crippen LogP contribution in [0.1, 0.15) is 5.89 Å². The van der Waals surface area contributed by atoms with Crippen molar-refractivity contribution in [2.45, 2.75) is 11.1 Å².